The first kappa shape index (κ1) is 19.1. The van der Waals surface area contributed by atoms with Gasteiger partial charge in [-0.15, -0.1) is 0 Å². The fourth-order valence-corrected chi connectivity index (χ4v) is 5.08. The standard InChI is InChI=1S/C21H26N4O2S/c1-13-7-3-5-9-16(13)22-20(26)21(27)23-19-15-11-28-12-17(15)24-25(19)18-10-6-4-8-14(18)2/h4,6,8,10,13,16H,3,5,7,9,11-12H2,1-2H3,(H,22,26)(H,23,27)/t13-,16-/m1/s1. The van der Waals surface area contributed by atoms with Crippen LogP contribution < -0.4 is 10.6 Å². The Bertz CT molecular complexity index is 908. The molecule has 2 aromatic rings. The molecule has 0 saturated heterocycles. The summed E-state index contributed by atoms with van der Waals surface area (Å²) in [6.45, 7) is 4.15. The lowest BCUT2D eigenvalue weighted by atomic mass is 9.86. The fraction of sp³-hybridized carbons (Fsp3) is 0.476. The number of fused-ring (bicyclic) bond motifs is 1. The number of aryl methyl sites for hydroxylation is 1. The molecular weight excluding hydrogens is 372 g/mol. The predicted octanol–water partition coefficient (Wildman–Crippen LogP) is 3.56. The minimum Gasteiger partial charge on any atom is -0.345 e. The zero-order valence-corrected chi connectivity index (χ0v) is 17.1. The minimum atomic E-state index is -0.618. The lowest BCUT2D eigenvalue weighted by Crippen LogP contribution is -2.46. The molecule has 4 rings (SSSR count). The van der Waals surface area contributed by atoms with E-state index in [1.807, 2.05) is 31.2 Å². The molecule has 1 aliphatic heterocycles. The summed E-state index contributed by atoms with van der Waals surface area (Å²) >= 11 is 1.77. The number of rotatable bonds is 3. The average molecular weight is 399 g/mol. The Morgan fingerprint density at radius 3 is 2.71 bits per heavy atom. The molecular formula is C21H26N4O2S. The van der Waals surface area contributed by atoms with Gasteiger partial charge in [0, 0.05) is 23.1 Å². The second-order valence-electron chi connectivity index (χ2n) is 7.76. The summed E-state index contributed by atoms with van der Waals surface area (Å²) in [5.41, 5.74) is 3.97. The Balaban J connectivity index is 1.56. The third-order valence-corrected chi connectivity index (χ3v) is 6.73. The quantitative estimate of drug-likeness (QED) is 0.775. The van der Waals surface area contributed by atoms with Crippen LogP contribution >= 0.6 is 11.8 Å². The highest BCUT2D eigenvalue weighted by molar-refractivity contribution is 7.98. The maximum atomic E-state index is 12.7. The van der Waals surface area contributed by atoms with E-state index in [9.17, 15) is 9.59 Å². The molecule has 1 saturated carbocycles. The Morgan fingerprint density at radius 2 is 1.93 bits per heavy atom. The van der Waals surface area contributed by atoms with Crippen LogP contribution in [0.15, 0.2) is 24.3 Å². The monoisotopic (exact) mass is 398 g/mol. The Kier molecular flexibility index (Phi) is 5.44. The molecule has 2 heterocycles. The number of amides is 2. The first-order chi connectivity index (χ1) is 13.5. The van der Waals surface area contributed by atoms with E-state index >= 15 is 0 Å². The van der Waals surface area contributed by atoms with Crippen molar-refractivity contribution in [3.8, 4) is 5.69 Å². The number of hydrogen-bond acceptors (Lipinski definition) is 4. The largest absolute Gasteiger partial charge is 0.345 e. The number of para-hydroxylation sites is 1. The maximum absolute atomic E-state index is 12.7. The summed E-state index contributed by atoms with van der Waals surface area (Å²) in [7, 11) is 0. The van der Waals surface area contributed by atoms with Gasteiger partial charge in [-0.2, -0.15) is 16.9 Å². The third-order valence-electron chi connectivity index (χ3n) is 5.76. The summed E-state index contributed by atoms with van der Waals surface area (Å²) in [5.74, 6) is 1.46. The molecule has 1 aromatic carbocycles. The van der Waals surface area contributed by atoms with Crippen LogP contribution in [0.5, 0.6) is 0 Å². The highest BCUT2D eigenvalue weighted by Crippen LogP contribution is 2.36. The van der Waals surface area contributed by atoms with Gasteiger partial charge in [0.2, 0.25) is 0 Å². The summed E-state index contributed by atoms with van der Waals surface area (Å²) in [6.07, 6.45) is 4.32. The maximum Gasteiger partial charge on any atom is 0.314 e. The van der Waals surface area contributed by atoms with E-state index in [2.05, 4.69) is 17.6 Å². The summed E-state index contributed by atoms with van der Waals surface area (Å²) in [4.78, 5) is 25.2. The van der Waals surface area contributed by atoms with Crippen LogP contribution in [0, 0.1) is 12.8 Å². The van der Waals surface area contributed by atoms with Crippen molar-refractivity contribution in [2.45, 2.75) is 57.1 Å². The van der Waals surface area contributed by atoms with Crippen molar-refractivity contribution >= 4 is 29.4 Å². The van der Waals surface area contributed by atoms with Crippen molar-refractivity contribution in [1.29, 1.82) is 0 Å². The number of benzene rings is 1. The van der Waals surface area contributed by atoms with Gasteiger partial charge in [0.05, 0.1) is 11.4 Å². The highest BCUT2D eigenvalue weighted by atomic mass is 32.2. The van der Waals surface area contributed by atoms with Crippen LogP contribution in [-0.4, -0.2) is 27.6 Å². The second-order valence-corrected chi connectivity index (χ2v) is 8.75. The van der Waals surface area contributed by atoms with E-state index in [0.717, 1.165) is 53.3 Å². The van der Waals surface area contributed by atoms with Gasteiger partial charge in [-0.3, -0.25) is 9.59 Å². The van der Waals surface area contributed by atoms with Gasteiger partial charge >= 0.3 is 11.8 Å². The van der Waals surface area contributed by atoms with Crippen molar-refractivity contribution in [2.75, 3.05) is 5.32 Å². The van der Waals surface area contributed by atoms with Crippen LogP contribution in [0.25, 0.3) is 5.69 Å². The molecule has 2 atom stereocenters. The molecule has 0 spiro atoms. The third kappa shape index (κ3) is 3.68. The van der Waals surface area contributed by atoms with Crippen molar-refractivity contribution in [3.05, 3.63) is 41.1 Å². The van der Waals surface area contributed by atoms with Crippen molar-refractivity contribution in [3.63, 3.8) is 0 Å². The van der Waals surface area contributed by atoms with E-state index in [-0.39, 0.29) is 6.04 Å². The highest BCUT2D eigenvalue weighted by Gasteiger charge is 2.29. The van der Waals surface area contributed by atoms with Crippen LogP contribution in [0.1, 0.15) is 49.4 Å². The molecule has 2 amide bonds. The number of carbonyl (C=O) groups is 2. The van der Waals surface area contributed by atoms with Crippen molar-refractivity contribution in [2.24, 2.45) is 5.92 Å². The second kappa shape index (κ2) is 7.99. The Labute approximate surface area is 169 Å². The van der Waals surface area contributed by atoms with Crippen LogP contribution in [-0.2, 0) is 21.1 Å². The molecule has 28 heavy (non-hydrogen) atoms. The Hall–Kier alpha value is -2.28. The number of anilines is 1. The minimum absolute atomic E-state index is 0.0783. The zero-order valence-electron chi connectivity index (χ0n) is 16.3. The van der Waals surface area contributed by atoms with Gasteiger partial charge in [0.1, 0.15) is 5.82 Å². The lowest BCUT2D eigenvalue weighted by molar-refractivity contribution is -0.137. The van der Waals surface area contributed by atoms with Crippen LogP contribution in [0.4, 0.5) is 5.82 Å². The normalized spacial score (nSPS) is 21.2. The van der Waals surface area contributed by atoms with Crippen LogP contribution in [0.3, 0.4) is 0 Å². The van der Waals surface area contributed by atoms with E-state index in [1.165, 1.54) is 6.42 Å². The van der Waals surface area contributed by atoms with E-state index < -0.39 is 11.8 Å². The molecule has 0 unspecified atom stereocenters. The van der Waals surface area contributed by atoms with Crippen molar-refractivity contribution < 1.29 is 9.59 Å². The molecule has 7 heteroatoms. The predicted molar refractivity (Wildman–Crippen MR) is 111 cm³/mol. The first-order valence-electron chi connectivity index (χ1n) is 9.91. The number of thioether (sulfide) groups is 1. The number of carbonyl (C=O) groups excluding carboxylic acids is 2. The van der Waals surface area contributed by atoms with Gasteiger partial charge in [-0.05, 0) is 37.3 Å². The van der Waals surface area contributed by atoms with Crippen LogP contribution in [0.2, 0.25) is 0 Å². The molecule has 0 radical (unpaired) electrons. The summed E-state index contributed by atoms with van der Waals surface area (Å²) < 4.78 is 1.77. The SMILES string of the molecule is Cc1ccccc1-n1nc2c(c1NC(=O)C(=O)N[C@@H]1CCCC[C@H]1C)CSC2. The van der Waals surface area contributed by atoms with Gasteiger partial charge in [-0.25, -0.2) is 4.68 Å². The van der Waals surface area contributed by atoms with E-state index in [0.29, 0.717) is 11.7 Å². The van der Waals surface area contributed by atoms with Gasteiger partial charge in [-0.1, -0.05) is 38.0 Å². The molecule has 2 aliphatic rings. The molecule has 2 N–H and O–H groups in total. The summed E-state index contributed by atoms with van der Waals surface area (Å²) in [5, 5.41) is 10.5. The topological polar surface area (TPSA) is 76.0 Å². The average Bonchev–Trinajstić information content (AvgIpc) is 3.26. The number of nitrogens with one attached hydrogen (secondary N) is 2. The lowest BCUT2D eigenvalue weighted by Gasteiger charge is -2.29. The van der Waals surface area contributed by atoms with Gasteiger partial charge < -0.3 is 10.6 Å². The first-order valence-corrected chi connectivity index (χ1v) is 11.1. The molecule has 1 fully saturated rings. The van der Waals surface area contributed by atoms with E-state index in [4.69, 9.17) is 5.10 Å². The smallest absolute Gasteiger partial charge is 0.314 e. The molecule has 148 valence electrons. The number of nitrogens with zero attached hydrogens (tertiary/aromatic N) is 2. The molecule has 0 bridgehead atoms. The fourth-order valence-electron chi connectivity index (χ4n) is 4.05. The van der Waals surface area contributed by atoms with Gasteiger partial charge in [0.25, 0.3) is 0 Å². The zero-order chi connectivity index (χ0) is 19.7. The molecule has 6 nitrogen and oxygen atoms in total. The molecule has 1 aliphatic carbocycles. The van der Waals surface area contributed by atoms with Gasteiger partial charge in [0.15, 0.2) is 0 Å². The van der Waals surface area contributed by atoms with Crippen molar-refractivity contribution in [1.82, 2.24) is 15.1 Å². The molecule has 1 aromatic heterocycles. The number of hydrogen-bond donors (Lipinski definition) is 2. The number of aromatic nitrogens is 2. The van der Waals surface area contributed by atoms with E-state index in [1.54, 1.807) is 16.4 Å². The summed E-state index contributed by atoms with van der Waals surface area (Å²) in [6, 6.07) is 7.99. The Morgan fingerprint density at radius 1 is 1.14 bits per heavy atom.